The van der Waals surface area contributed by atoms with Crippen molar-refractivity contribution in [2.75, 3.05) is 10.6 Å². The molecule has 0 bridgehead atoms. The lowest BCUT2D eigenvalue weighted by Crippen LogP contribution is -2.18. The van der Waals surface area contributed by atoms with Gasteiger partial charge in [0.25, 0.3) is 0 Å². The second-order valence-electron chi connectivity index (χ2n) is 12.9. The fraction of sp³-hybridized carbons (Fsp3) is 0.146. The lowest BCUT2D eigenvalue weighted by atomic mass is 10.1. The van der Waals surface area contributed by atoms with Gasteiger partial charge in [-0.1, -0.05) is 72.8 Å². The van der Waals surface area contributed by atoms with Crippen LogP contribution in [-0.2, 0) is 18.7 Å². The van der Waals surface area contributed by atoms with Crippen LogP contribution in [0.25, 0.3) is 33.8 Å². The zero-order chi connectivity index (χ0) is 36.8. The van der Waals surface area contributed by atoms with Crippen molar-refractivity contribution >= 4 is 28.7 Å². The van der Waals surface area contributed by atoms with Crippen molar-refractivity contribution in [1.82, 2.24) is 38.7 Å². The first-order valence-electron chi connectivity index (χ1n) is 17.1. The zero-order valence-electron chi connectivity index (χ0n) is 29.5. The molecule has 0 saturated carbocycles. The van der Waals surface area contributed by atoms with E-state index < -0.39 is 5.60 Å². The molecule has 0 aliphatic rings. The second kappa shape index (κ2) is 15.2. The molecule has 12 heteroatoms. The largest absolute Gasteiger partial charge is 0.384 e. The standard InChI is InChI=1S/C21H21N5O.C20H17N5O/c1-21(2,27)18-13-24-20-19(23-12-15-7-6-10-22-11-15)25-17(14-26(18)20)16-8-4-3-5-9-16;1-14(26)18-12-23-20-19(22-11-15-6-5-9-21-10-15)24-17(13-25(18)20)16-7-3-2-4-8-16/h3-11,13-14,27H,12H2,1-2H3,(H,23,25);2-10,12-13H,11H2,1H3,(H,22,24). The van der Waals surface area contributed by atoms with Crippen LogP contribution in [0.5, 0.6) is 0 Å². The molecule has 0 atom stereocenters. The van der Waals surface area contributed by atoms with E-state index in [0.29, 0.717) is 47.4 Å². The number of Topliss-reactive ketones (excluding diaryl/α,β-unsaturated/α-hetero) is 1. The van der Waals surface area contributed by atoms with Crippen LogP contribution in [0.15, 0.2) is 135 Å². The zero-order valence-corrected chi connectivity index (χ0v) is 29.5. The number of nitrogens with zero attached hydrogens (tertiary/aromatic N) is 8. The number of hydrogen-bond acceptors (Lipinski definition) is 10. The highest BCUT2D eigenvalue weighted by Crippen LogP contribution is 2.28. The Morgan fingerprint density at radius 1 is 0.660 bits per heavy atom. The number of pyridine rings is 2. The number of rotatable bonds is 10. The molecule has 0 unspecified atom stereocenters. The van der Waals surface area contributed by atoms with Gasteiger partial charge in [-0.25, -0.2) is 19.9 Å². The number of carbonyl (C=O) groups is 1. The molecule has 2 aromatic carbocycles. The van der Waals surface area contributed by atoms with Crippen LogP contribution in [0.3, 0.4) is 0 Å². The minimum absolute atomic E-state index is 0.0408. The fourth-order valence-electron chi connectivity index (χ4n) is 5.80. The van der Waals surface area contributed by atoms with Gasteiger partial charge >= 0.3 is 0 Å². The average Bonchev–Trinajstić information content (AvgIpc) is 3.83. The predicted octanol–water partition coefficient (Wildman–Crippen LogP) is 7.24. The summed E-state index contributed by atoms with van der Waals surface area (Å²) in [4.78, 5) is 38.6. The molecule has 264 valence electrons. The van der Waals surface area contributed by atoms with Crippen LogP contribution in [-0.4, -0.2) is 49.6 Å². The Hall–Kier alpha value is -6.79. The highest BCUT2D eigenvalue weighted by Gasteiger charge is 2.23. The number of anilines is 2. The smallest absolute Gasteiger partial charge is 0.180 e. The summed E-state index contributed by atoms with van der Waals surface area (Å²) < 4.78 is 3.70. The molecule has 53 heavy (non-hydrogen) atoms. The fourth-order valence-corrected chi connectivity index (χ4v) is 5.80. The molecule has 0 saturated heterocycles. The summed E-state index contributed by atoms with van der Waals surface area (Å²) in [6.45, 7) is 6.19. The molecule has 12 nitrogen and oxygen atoms in total. The van der Waals surface area contributed by atoms with E-state index in [1.807, 2.05) is 108 Å². The number of benzene rings is 2. The van der Waals surface area contributed by atoms with Crippen LogP contribution in [0.4, 0.5) is 11.6 Å². The first-order valence-corrected chi connectivity index (χ1v) is 17.1. The normalized spacial score (nSPS) is 11.2. The van der Waals surface area contributed by atoms with E-state index in [4.69, 9.17) is 9.97 Å². The molecule has 0 amide bonds. The summed E-state index contributed by atoms with van der Waals surface area (Å²) in [5, 5.41) is 17.2. The van der Waals surface area contributed by atoms with Crippen molar-refractivity contribution in [3.05, 3.63) is 157 Å². The van der Waals surface area contributed by atoms with E-state index in [1.165, 1.54) is 6.92 Å². The van der Waals surface area contributed by atoms with Gasteiger partial charge in [-0.3, -0.25) is 23.6 Å². The van der Waals surface area contributed by atoms with E-state index >= 15 is 0 Å². The molecular formula is C41H38N10O2. The van der Waals surface area contributed by atoms with Gasteiger partial charge < -0.3 is 15.7 Å². The minimum Gasteiger partial charge on any atom is -0.384 e. The van der Waals surface area contributed by atoms with Gasteiger partial charge in [0.15, 0.2) is 28.7 Å². The first kappa shape index (κ1) is 34.6. The maximum atomic E-state index is 11.9. The molecule has 0 spiro atoms. The lowest BCUT2D eigenvalue weighted by Gasteiger charge is -2.18. The molecule has 0 radical (unpaired) electrons. The van der Waals surface area contributed by atoms with E-state index in [-0.39, 0.29) is 5.78 Å². The second-order valence-corrected chi connectivity index (χ2v) is 12.9. The quantitative estimate of drug-likeness (QED) is 0.125. The lowest BCUT2D eigenvalue weighted by molar-refractivity contribution is 0.0729. The Kier molecular flexibility index (Phi) is 9.95. The number of ketones is 1. The summed E-state index contributed by atoms with van der Waals surface area (Å²) in [6.07, 6.45) is 14.2. The van der Waals surface area contributed by atoms with Crippen molar-refractivity contribution in [2.45, 2.75) is 39.5 Å². The Bertz CT molecular complexity index is 2460. The van der Waals surface area contributed by atoms with Gasteiger partial charge in [0.2, 0.25) is 0 Å². The van der Waals surface area contributed by atoms with Gasteiger partial charge in [0, 0.05) is 68.3 Å². The SMILES string of the molecule is CC(=O)c1cnc2c(NCc3cccnc3)nc(-c3ccccc3)cn12.CC(C)(O)c1cnc2c(NCc3cccnc3)nc(-c3ccccc3)cn12. The number of carbonyl (C=O) groups excluding carboxylic acids is 1. The van der Waals surface area contributed by atoms with Crippen LogP contribution in [0.2, 0.25) is 0 Å². The molecule has 0 fully saturated rings. The van der Waals surface area contributed by atoms with Gasteiger partial charge in [0.1, 0.15) is 11.3 Å². The van der Waals surface area contributed by atoms with Gasteiger partial charge in [-0.15, -0.1) is 0 Å². The molecule has 6 heterocycles. The summed E-state index contributed by atoms with van der Waals surface area (Å²) in [7, 11) is 0. The number of imidazole rings is 2. The highest BCUT2D eigenvalue weighted by molar-refractivity contribution is 5.93. The molecule has 6 aromatic heterocycles. The maximum absolute atomic E-state index is 11.9. The molecule has 0 aliphatic carbocycles. The Morgan fingerprint density at radius 3 is 1.62 bits per heavy atom. The minimum atomic E-state index is -1.02. The number of hydrogen-bond donors (Lipinski definition) is 3. The Balaban J connectivity index is 0.000000164. The number of aromatic nitrogens is 8. The van der Waals surface area contributed by atoms with Crippen LogP contribution >= 0.6 is 0 Å². The average molecular weight is 703 g/mol. The van der Waals surface area contributed by atoms with E-state index in [9.17, 15) is 9.90 Å². The third kappa shape index (κ3) is 7.92. The van der Waals surface area contributed by atoms with Crippen molar-refractivity contribution < 1.29 is 9.90 Å². The third-order valence-corrected chi connectivity index (χ3v) is 8.48. The van der Waals surface area contributed by atoms with Crippen LogP contribution in [0, 0.1) is 0 Å². The number of nitrogens with one attached hydrogen (secondary N) is 2. The van der Waals surface area contributed by atoms with Crippen molar-refractivity contribution in [1.29, 1.82) is 0 Å². The molecule has 0 aliphatic heterocycles. The maximum Gasteiger partial charge on any atom is 0.180 e. The van der Waals surface area contributed by atoms with Crippen LogP contribution in [0.1, 0.15) is 48.1 Å². The Morgan fingerprint density at radius 2 is 1.15 bits per heavy atom. The third-order valence-electron chi connectivity index (χ3n) is 8.48. The molecule has 8 rings (SSSR count). The summed E-state index contributed by atoms with van der Waals surface area (Å²) >= 11 is 0. The van der Waals surface area contributed by atoms with Crippen molar-refractivity contribution in [3.8, 4) is 22.5 Å². The number of fused-ring (bicyclic) bond motifs is 2. The summed E-state index contributed by atoms with van der Waals surface area (Å²) in [5.41, 5.74) is 7.16. The van der Waals surface area contributed by atoms with E-state index in [0.717, 1.165) is 33.6 Å². The van der Waals surface area contributed by atoms with Crippen LogP contribution < -0.4 is 10.6 Å². The summed E-state index contributed by atoms with van der Waals surface area (Å²) in [5.74, 6) is 1.25. The highest BCUT2D eigenvalue weighted by atomic mass is 16.3. The predicted molar refractivity (Wildman–Crippen MR) is 205 cm³/mol. The van der Waals surface area contributed by atoms with Gasteiger partial charge in [-0.05, 0) is 37.1 Å². The van der Waals surface area contributed by atoms with E-state index in [1.54, 1.807) is 49.2 Å². The van der Waals surface area contributed by atoms with Crippen molar-refractivity contribution in [2.24, 2.45) is 0 Å². The molecular weight excluding hydrogens is 665 g/mol. The van der Waals surface area contributed by atoms with E-state index in [2.05, 4.69) is 30.6 Å². The van der Waals surface area contributed by atoms with Gasteiger partial charge in [0.05, 0.1) is 29.5 Å². The number of aliphatic hydroxyl groups is 1. The Labute approximate surface area is 306 Å². The van der Waals surface area contributed by atoms with Gasteiger partial charge in [-0.2, -0.15) is 0 Å². The monoisotopic (exact) mass is 702 g/mol. The summed E-state index contributed by atoms with van der Waals surface area (Å²) in [6, 6.07) is 27.6. The molecule has 3 N–H and O–H groups in total. The topological polar surface area (TPSA) is 148 Å². The first-order chi connectivity index (χ1) is 25.7. The molecule has 8 aromatic rings. The van der Waals surface area contributed by atoms with Crippen molar-refractivity contribution in [3.63, 3.8) is 0 Å².